The second-order valence-corrected chi connectivity index (χ2v) is 6.56. The number of hydrogen-bond donors (Lipinski definition) is 1. The average Bonchev–Trinajstić information content (AvgIpc) is 3.28. The molecule has 0 spiro atoms. The van der Waals surface area contributed by atoms with Crippen LogP contribution in [0.2, 0.25) is 0 Å². The third-order valence-electron chi connectivity index (χ3n) is 4.02. The van der Waals surface area contributed by atoms with Gasteiger partial charge in [-0.25, -0.2) is 14.5 Å². The Morgan fingerprint density at radius 2 is 1.92 bits per heavy atom. The fourth-order valence-electron chi connectivity index (χ4n) is 2.83. The second-order valence-electron chi connectivity index (χ2n) is 5.64. The summed E-state index contributed by atoms with van der Waals surface area (Å²) in [4.78, 5) is 9.08. The molecule has 3 heterocycles. The van der Waals surface area contributed by atoms with Gasteiger partial charge in [-0.3, -0.25) is 5.10 Å². The van der Waals surface area contributed by atoms with E-state index in [1.165, 1.54) is 0 Å². The van der Waals surface area contributed by atoms with E-state index in [9.17, 15) is 0 Å². The molecule has 0 unspecified atom stereocenters. The summed E-state index contributed by atoms with van der Waals surface area (Å²) in [5.74, 6) is 0.590. The van der Waals surface area contributed by atoms with Crippen molar-refractivity contribution in [2.45, 2.75) is 0 Å². The highest BCUT2D eigenvalue weighted by atomic mass is 79.9. The largest absolute Gasteiger partial charge is 0.274 e. The smallest absolute Gasteiger partial charge is 0.200 e. The lowest BCUT2D eigenvalue weighted by atomic mass is 10.1. The summed E-state index contributed by atoms with van der Waals surface area (Å²) in [6.45, 7) is 0. The standard InChI is InChI=1S/C18H11BrN6/c19-12-5-3-4-11(8-12)15-9-16(23-22-15)17-21-18-13-6-1-2-7-14(13)20-10-25(18)24-17/h1-10H,(H,22,23). The van der Waals surface area contributed by atoms with Crippen molar-refractivity contribution in [1.29, 1.82) is 0 Å². The molecule has 0 amide bonds. The van der Waals surface area contributed by atoms with Crippen molar-refractivity contribution in [1.82, 2.24) is 29.8 Å². The highest BCUT2D eigenvalue weighted by Gasteiger charge is 2.13. The molecule has 120 valence electrons. The first-order valence-corrected chi connectivity index (χ1v) is 8.49. The van der Waals surface area contributed by atoms with E-state index in [2.05, 4.69) is 41.2 Å². The summed E-state index contributed by atoms with van der Waals surface area (Å²) in [5, 5.41) is 12.9. The first kappa shape index (κ1) is 14.3. The van der Waals surface area contributed by atoms with E-state index in [1.54, 1.807) is 10.8 Å². The molecule has 5 aromatic rings. The van der Waals surface area contributed by atoms with E-state index in [-0.39, 0.29) is 0 Å². The number of benzene rings is 2. The van der Waals surface area contributed by atoms with Crippen LogP contribution in [0.5, 0.6) is 0 Å². The minimum absolute atomic E-state index is 0.590. The molecule has 0 bridgehead atoms. The van der Waals surface area contributed by atoms with Crippen LogP contribution in [0.25, 0.3) is 39.3 Å². The van der Waals surface area contributed by atoms with Gasteiger partial charge in [0.15, 0.2) is 11.5 Å². The Morgan fingerprint density at radius 1 is 1.00 bits per heavy atom. The molecule has 0 aliphatic carbocycles. The molecule has 0 radical (unpaired) electrons. The lowest BCUT2D eigenvalue weighted by molar-refractivity contribution is 0.933. The predicted molar refractivity (Wildman–Crippen MR) is 99.0 cm³/mol. The van der Waals surface area contributed by atoms with E-state index < -0.39 is 0 Å². The molecule has 7 heteroatoms. The van der Waals surface area contributed by atoms with E-state index in [0.717, 1.165) is 38.0 Å². The normalized spacial score (nSPS) is 11.4. The van der Waals surface area contributed by atoms with Crippen molar-refractivity contribution in [3.63, 3.8) is 0 Å². The zero-order chi connectivity index (χ0) is 16.8. The maximum Gasteiger partial charge on any atom is 0.200 e. The third-order valence-corrected chi connectivity index (χ3v) is 4.51. The van der Waals surface area contributed by atoms with Crippen molar-refractivity contribution in [3.8, 4) is 22.8 Å². The van der Waals surface area contributed by atoms with E-state index >= 15 is 0 Å². The summed E-state index contributed by atoms with van der Waals surface area (Å²) in [6, 6.07) is 17.8. The highest BCUT2D eigenvalue weighted by molar-refractivity contribution is 9.10. The van der Waals surface area contributed by atoms with Crippen LogP contribution in [0.4, 0.5) is 0 Å². The van der Waals surface area contributed by atoms with E-state index in [0.29, 0.717) is 5.82 Å². The Balaban J connectivity index is 1.63. The number of H-pyrrole nitrogens is 1. The van der Waals surface area contributed by atoms with Crippen molar-refractivity contribution < 1.29 is 0 Å². The summed E-state index contributed by atoms with van der Waals surface area (Å²) in [6.07, 6.45) is 1.68. The van der Waals surface area contributed by atoms with Gasteiger partial charge >= 0.3 is 0 Å². The molecular weight excluding hydrogens is 380 g/mol. The van der Waals surface area contributed by atoms with Gasteiger partial charge in [-0.2, -0.15) is 5.10 Å². The molecule has 0 aliphatic rings. The minimum atomic E-state index is 0.590. The number of nitrogens with zero attached hydrogens (tertiary/aromatic N) is 5. The molecule has 0 saturated carbocycles. The maximum atomic E-state index is 4.67. The monoisotopic (exact) mass is 390 g/mol. The van der Waals surface area contributed by atoms with Crippen LogP contribution in [0.15, 0.2) is 65.4 Å². The lowest BCUT2D eigenvalue weighted by Crippen LogP contribution is -1.90. The Hall–Kier alpha value is -3.06. The zero-order valence-electron chi connectivity index (χ0n) is 12.9. The first-order valence-electron chi connectivity index (χ1n) is 7.70. The number of aromatic nitrogens is 6. The minimum Gasteiger partial charge on any atom is -0.274 e. The van der Waals surface area contributed by atoms with Gasteiger partial charge in [-0.05, 0) is 30.3 Å². The topological polar surface area (TPSA) is 71.8 Å². The fraction of sp³-hybridized carbons (Fsp3) is 0. The predicted octanol–water partition coefficient (Wildman–Crippen LogP) is 4.10. The van der Waals surface area contributed by atoms with Crippen LogP contribution < -0.4 is 0 Å². The molecule has 6 nitrogen and oxygen atoms in total. The van der Waals surface area contributed by atoms with Crippen LogP contribution in [-0.2, 0) is 0 Å². The number of halogens is 1. The molecular formula is C18H11BrN6. The molecule has 0 aliphatic heterocycles. The van der Waals surface area contributed by atoms with Crippen LogP contribution >= 0.6 is 15.9 Å². The van der Waals surface area contributed by atoms with Crippen molar-refractivity contribution >= 4 is 32.5 Å². The van der Waals surface area contributed by atoms with E-state index in [1.807, 2.05) is 54.6 Å². The Morgan fingerprint density at radius 3 is 2.84 bits per heavy atom. The second kappa shape index (κ2) is 5.49. The maximum absolute atomic E-state index is 4.67. The fourth-order valence-corrected chi connectivity index (χ4v) is 3.22. The van der Waals surface area contributed by atoms with Crippen LogP contribution in [-0.4, -0.2) is 29.8 Å². The van der Waals surface area contributed by atoms with Crippen molar-refractivity contribution in [2.75, 3.05) is 0 Å². The van der Waals surface area contributed by atoms with Gasteiger partial charge in [0, 0.05) is 15.4 Å². The molecule has 1 N–H and O–H groups in total. The quantitative estimate of drug-likeness (QED) is 0.492. The molecule has 5 rings (SSSR count). The number of nitrogens with one attached hydrogen (secondary N) is 1. The summed E-state index contributed by atoms with van der Waals surface area (Å²) in [7, 11) is 0. The lowest BCUT2D eigenvalue weighted by Gasteiger charge is -1.96. The number of fused-ring (bicyclic) bond motifs is 3. The summed E-state index contributed by atoms with van der Waals surface area (Å²) < 4.78 is 2.70. The first-order chi connectivity index (χ1) is 12.3. The van der Waals surface area contributed by atoms with Gasteiger partial charge in [-0.15, -0.1) is 5.10 Å². The average molecular weight is 391 g/mol. The van der Waals surface area contributed by atoms with Crippen LogP contribution in [0.3, 0.4) is 0 Å². The zero-order valence-corrected chi connectivity index (χ0v) is 14.5. The number of aromatic amines is 1. The number of hydrogen-bond acceptors (Lipinski definition) is 4. The Kier molecular flexibility index (Phi) is 3.14. The molecule has 2 aromatic carbocycles. The van der Waals surface area contributed by atoms with Gasteiger partial charge in [0.2, 0.25) is 0 Å². The van der Waals surface area contributed by atoms with Gasteiger partial charge in [0.1, 0.15) is 12.0 Å². The molecule has 25 heavy (non-hydrogen) atoms. The molecule has 0 saturated heterocycles. The number of para-hydroxylation sites is 1. The molecule has 0 atom stereocenters. The summed E-state index contributed by atoms with van der Waals surface area (Å²) in [5.41, 5.74) is 4.31. The van der Waals surface area contributed by atoms with Crippen LogP contribution in [0, 0.1) is 0 Å². The Labute approximate surface area is 150 Å². The van der Waals surface area contributed by atoms with Gasteiger partial charge in [-0.1, -0.05) is 40.2 Å². The molecule has 0 fully saturated rings. The molecule has 3 aromatic heterocycles. The van der Waals surface area contributed by atoms with E-state index in [4.69, 9.17) is 0 Å². The Bertz CT molecular complexity index is 1220. The van der Waals surface area contributed by atoms with Gasteiger partial charge < -0.3 is 0 Å². The third kappa shape index (κ3) is 2.40. The van der Waals surface area contributed by atoms with Crippen LogP contribution in [0.1, 0.15) is 0 Å². The highest BCUT2D eigenvalue weighted by Crippen LogP contribution is 2.25. The van der Waals surface area contributed by atoms with Crippen molar-refractivity contribution in [3.05, 3.63) is 65.4 Å². The summed E-state index contributed by atoms with van der Waals surface area (Å²) >= 11 is 3.48. The van der Waals surface area contributed by atoms with Gasteiger partial charge in [0.25, 0.3) is 0 Å². The van der Waals surface area contributed by atoms with Gasteiger partial charge in [0.05, 0.1) is 11.2 Å². The SMILES string of the molecule is Brc1cccc(-c2cc(-c3nc4c5ccccc5ncn4n3)[nH]n2)c1. The number of rotatable bonds is 2. The van der Waals surface area contributed by atoms with Crippen molar-refractivity contribution in [2.24, 2.45) is 0 Å².